The number of aryl methyl sites for hydroxylation is 1. The molecule has 0 unspecified atom stereocenters. The number of halogens is 1. The topological polar surface area (TPSA) is 71.4 Å². The van der Waals surface area contributed by atoms with Gasteiger partial charge in [-0.05, 0) is 56.5 Å². The van der Waals surface area contributed by atoms with Gasteiger partial charge in [0.2, 0.25) is 10.0 Å². The van der Waals surface area contributed by atoms with E-state index in [2.05, 4.69) is 5.32 Å². The van der Waals surface area contributed by atoms with E-state index in [-0.39, 0.29) is 16.4 Å². The Morgan fingerprint density at radius 1 is 1.11 bits per heavy atom. The number of carbonyl (C=O) groups excluding carboxylic acids is 1. The van der Waals surface area contributed by atoms with E-state index in [1.165, 1.54) is 28.6 Å². The Kier molecular flexibility index (Phi) is 5.39. The second kappa shape index (κ2) is 7.44. The van der Waals surface area contributed by atoms with Crippen LogP contribution in [0.2, 0.25) is 0 Å². The summed E-state index contributed by atoms with van der Waals surface area (Å²) in [7, 11) is -1.97. The van der Waals surface area contributed by atoms with Gasteiger partial charge in [-0.3, -0.25) is 4.79 Å². The number of sulfonamides is 1. The third kappa shape index (κ3) is 3.77. The average molecular weight is 393 g/mol. The van der Waals surface area contributed by atoms with Gasteiger partial charge < -0.3 is 9.88 Å². The van der Waals surface area contributed by atoms with Gasteiger partial charge in [0.05, 0.1) is 0 Å². The second-order valence-corrected chi connectivity index (χ2v) is 8.82. The molecule has 1 aliphatic rings. The molecular weight excluding hydrogens is 369 g/mol. The summed E-state index contributed by atoms with van der Waals surface area (Å²) in [4.78, 5) is 12.9. The lowest BCUT2D eigenvalue weighted by Gasteiger charge is -2.25. The number of benzene rings is 1. The first-order chi connectivity index (χ1) is 12.7. The van der Waals surface area contributed by atoms with Crippen molar-refractivity contribution >= 4 is 21.6 Å². The summed E-state index contributed by atoms with van der Waals surface area (Å²) in [5.41, 5.74) is 1.84. The van der Waals surface area contributed by atoms with Crippen LogP contribution in [0.5, 0.6) is 0 Å². The zero-order valence-corrected chi connectivity index (χ0v) is 16.6. The number of nitrogens with one attached hydrogen (secondary N) is 1. The normalized spacial score (nSPS) is 15.7. The Labute approximate surface area is 159 Å². The molecule has 27 heavy (non-hydrogen) atoms. The van der Waals surface area contributed by atoms with Gasteiger partial charge in [0.25, 0.3) is 5.91 Å². The third-order valence-electron chi connectivity index (χ3n) is 5.09. The Morgan fingerprint density at radius 2 is 1.78 bits per heavy atom. The minimum Gasteiger partial charge on any atom is -0.343 e. The molecule has 146 valence electrons. The van der Waals surface area contributed by atoms with Crippen molar-refractivity contribution in [2.75, 3.05) is 18.4 Å². The first kappa shape index (κ1) is 19.6. The summed E-state index contributed by atoms with van der Waals surface area (Å²) in [6, 6.07) is 5.51. The standard InChI is InChI=1S/C19H24FN3O3S/c1-13-11-15(20)7-8-16(13)21-19(24)17-12-18(14(2)22(17)3)27(25,26)23-9-5-4-6-10-23/h7-8,11-12H,4-6,9-10H2,1-3H3,(H,21,24). The number of piperidine rings is 1. The molecule has 0 bridgehead atoms. The van der Waals surface area contributed by atoms with Crippen molar-refractivity contribution in [3.63, 3.8) is 0 Å². The van der Waals surface area contributed by atoms with Gasteiger partial charge in [0.15, 0.2) is 0 Å². The lowest BCUT2D eigenvalue weighted by atomic mass is 10.2. The Bertz CT molecular complexity index is 976. The van der Waals surface area contributed by atoms with Crippen LogP contribution in [0.3, 0.4) is 0 Å². The van der Waals surface area contributed by atoms with Gasteiger partial charge in [-0.15, -0.1) is 0 Å². The molecule has 0 radical (unpaired) electrons. The molecule has 0 aliphatic carbocycles. The summed E-state index contributed by atoms with van der Waals surface area (Å²) in [6.07, 6.45) is 2.73. The van der Waals surface area contributed by atoms with Crippen LogP contribution >= 0.6 is 0 Å². The number of aromatic nitrogens is 1. The monoisotopic (exact) mass is 393 g/mol. The van der Waals surface area contributed by atoms with E-state index in [4.69, 9.17) is 0 Å². The van der Waals surface area contributed by atoms with Gasteiger partial charge in [-0.2, -0.15) is 4.31 Å². The molecule has 0 saturated carbocycles. The molecule has 8 heteroatoms. The van der Waals surface area contributed by atoms with E-state index >= 15 is 0 Å². The fourth-order valence-electron chi connectivity index (χ4n) is 3.35. The second-order valence-electron chi connectivity index (χ2n) is 6.92. The lowest BCUT2D eigenvalue weighted by Crippen LogP contribution is -2.35. The maximum Gasteiger partial charge on any atom is 0.272 e. The van der Waals surface area contributed by atoms with E-state index in [1.807, 2.05) is 0 Å². The van der Waals surface area contributed by atoms with Crippen LogP contribution in [0.1, 0.15) is 41.0 Å². The highest BCUT2D eigenvalue weighted by atomic mass is 32.2. The lowest BCUT2D eigenvalue weighted by molar-refractivity contribution is 0.101. The van der Waals surface area contributed by atoms with E-state index in [0.717, 1.165) is 19.3 Å². The summed E-state index contributed by atoms with van der Waals surface area (Å²) < 4.78 is 42.3. The highest BCUT2D eigenvalue weighted by Crippen LogP contribution is 2.26. The zero-order valence-electron chi connectivity index (χ0n) is 15.8. The van der Waals surface area contributed by atoms with E-state index in [0.29, 0.717) is 30.0 Å². The van der Waals surface area contributed by atoms with Gasteiger partial charge in [0.1, 0.15) is 16.4 Å². The van der Waals surface area contributed by atoms with Crippen LogP contribution in [0.4, 0.5) is 10.1 Å². The van der Waals surface area contributed by atoms with Crippen LogP contribution < -0.4 is 5.32 Å². The molecule has 1 fully saturated rings. The Morgan fingerprint density at radius 3 is 2.41 bits per heavy atom. The summed E-state index contributed by atoms with van der Waals surface area (Å²) in [5.74, 6) is -0.814. The van der Waals surface area contributed by atoms with Crippen molar-refractivity contribution in [1.29, 1.82) is 0 Å². The van der Waals surface area contributed by atoms with Crippen molar-refractivity contribution in [3.05, 3.63) is 47.0 Å². The number of hydrogen-bond acceptors (Lipinski definition) is 3. The summed E-state index contributed by atoms with van der Waals surface area (Å²) in [5, 5.41) is 2.73. The number of anilines is 1. The predicted octanol–water partition coefficient (Wildman–Crippen LogP) is 3.21. The van der Waals surface area contributed by atoms with E-state index in [9.17, 15) is 17.6 Å². The Hall–Kier alpha value is -2.19. The van der Waals surface area contributed by atoms with Crippen molar-refractivity contribution in [2.45, 2.75) is 38.0 Å². The largest absolute Gasteiger partial charge is 0.343 e. The zero-order chi connectivity index (χ0) is 19.8. The minimum absolute atomic E-state index is 0.160. The smallest absolute Gasteiger partial charge is 0.272 e. The van der Waals surface area contributed by atoms with Crippen LogP contribution in [0, 0.1) is 19.7 Å². The fraction of sp³-hybridized carbons (Fsp3) is 0.421. The van der Waals surface area contributed by atoms with Crippen LogP contribution in [-0.2, 0) is 17.1 Å². The molecule has 6 nitrogen and oxygen atoms in total. The molecule has 2 heterocycles. The van der Waals surface area contributed by atoms with Crippen LogP contribution in [-0.4, -0.2) is 36.3 Å². The molecule has 1 saturated heterocycles. The highest BCUT2D eigenvalue weighted by molar-refractivity contribution is 7.89. The third-order valence-corrected chi connectivity index (χ3v) is 7.11. The fourth-order valence-corrected chi connectivity index (χ4v) is 5.14. The van der Waals surface area contributed by atoms with Crippen LogP contribution in [0.15, 0.2) is 29.2 Å². The molecule has 0 atom stereocenters. The maximum absolute atomic E-state index is 13.2. The van der Waals surface area contributed by atoms with Crippen LogP contribution in [0.25, 0.3) is 0 Å². The molecule has 0 spiro atoms. The van der Waals surface area contributed by atoms with E-state index < -0.39 is 15.9 Å². The number of hydrogen-bond donors (Lipinski definition) is 1. The van der Waals surface area contributed by atoms with Gasteiger partial charge in [-0.1, -0.05) is 6.42 Å². The molecule has 1 amide bonds. The molecule has 1 aromatic heterocycles. The number of nitrogens with zero attached hydrogens (tertiary/aromatic N) is 2. The molecule has 1 N–H and O–H groups in total. The molecule has 2 aromatic rings. The molecular formula is C19H24FN3O3S. The molecule has 1 aromatic carbocycles. The maximum atomic E-state index is 13.2. The first-order valence-electron chi connectivity index (χ1n) is 8.96. The van der Waals surface area contributed by atoms with Gasteiger partial charge >= 0.3 is 0 Å². The van der Waals surface area contributed by atoms with Crippen molar-refractivity contribution in [1.82, 2.24) is 8.87 Å². The molecule has 1 aliphatic heterocycles. The number of amides is 1. The average Bonchev–Trinajstić information content (AvgIpc) is 2.94. The SMILES string of the molecule is Cc1cc(F)ccc1NC(=O)c1cc(S(=O)(=O)N2CCCCC2)c(C)n1C. The predicted molar refractivity (Wildman–Crippen MR) is 102 cm³/mol. The van der Waals surface area contributed by atoms with E-state index in [1.54, 1.807) is 25.5 Å². The minimum atomic E-state index is -3.63. The highest BCUT2D eigenvalue weighted by Gasteiger charge is 2.30. The van der Waals surface area contributed by atoms with Gasteiger partial charge in [-0.25, -0.2) is 12.8 Å². The summed E-state index contributed by atoms with van der Waals surface area (Å²) >= 11 is 0. The summed E-state index contributed by atoms with van der Waals surface area (Å²) in [6.45, 7) is 4.40. The molecule has 3 rings (SSSR count). The first-order valence-corrected chi connectivity index (χ1v) is 10.4. The van der Waals surface area contributed by atoms with Crippen molar-refractivity contribution < 1.29 is 17.6 Å². The van der Waals surface area contributed by atoms with Crippen molar-refractivity contribution in [3.8, 4) is 0 Å². The number of rotatable bonds is 4. The number of carbonyl (C=O) groups is 1. The van der Waals surface area contributed by atoms with Crippen molar-refractivity contribution in [2.24, 2.45) is 7.05 Å². The quantitative estimate of drug-likeness (QED) is 0.867. The Balaban J connectivity index is 1.91. The van der Waals surface area contributed by atoms with Gasteiger partial charge in [0, 0.05) is 31.5 Å².